The van der Waals surface area contributed by atoms with Crippen LogP contribution in [0.5, 0.6) is 5.75 Å². The molecule has 1 heterocycles. The summed E-state index contributed by atoms with van der Waals surface area (Å²) in [5.41, 5.74) is 0.860. The first-order chi connectivity index (χ1) is 10.5. The molecule has 0 radical (unpaired) electrons. The summed E-state index contributed by atoms with van der Waals surface area (Å²) in [7, 11) is 1.25. The SMILES string of the molecule is COC(=O)/C(=C/c1ccc([N+](=O)[O-])c(O)c1)c1ccncc1. The van der Waals surface area contributed by atoms with Crippen LogP contribution in [0.2, 0.25) is 0 Å². The molecule has 0 aliphatic carbocycles. The highest BCUT2D eigenvalue weighted by Gasteiger charge is 2.15. The van der Waals surface area contributed by atoms with Gasteiger partial charge in [0.15, 0.2) is 5.75 Å². The first-order valence-corrected chi connectivity index (χ1v) is 6.20. The highest BCUT2D eigenvalue weighted by atomic mass is 16.6. The Balaban J connectivity index is 2.48. The molecule has 0 atom stereocenters. The normalized spacial score (nSPS) is 11.0. The molecule has 1 aromatic carbocycles. The summed E-state index contributed by atoms with van der Waals surface area (Å²) in [6, 6.07) is 7.08. The lowest BCUT2D eigenvalue weighted by Crippen LogP contribution is -2.04. The molecule has 1 N–H and O–H groups in total. The minimum atomic E-state index is -0.688. The van der Waals surface area contributed by atoms with Gasteiger partial charge in [-0.3, -0.25) is 15.1 Å². The van der Waals surface area contributed by atoms with Crippen molar-refractivity contribution in [1.82, 2.24) is 4.98 Å². The maximum Gasteiger partial charge on any atom is 0.338 e. The molecule has 0 saturated heterocycles. The smallest absolute Gasteiger partial charge is 0.338 e. The molecule has 7 nitrogen and oxygen atoms in total. The van der Waals surface area contributed by atoms with Gasteiger partial charge in [-0.2, -0.15) is 0 Å². The van der Waals surface area contributed by atoms with E-state index in [1.54, 1.807) is 12.1 Å². The van der Waals surface area contributed by atoms with Crippen LogP contribution in [0.25, 0.3) is 11.6 Å². The van der Waals surface area contributed by atoms with E-state index in [1.807, 2.05) is 0 Å². The zero-order chi connectivity index (χ0) is 16.1. The van der Waals surface area contributed by atoms with Crippen LogP contribution < -0.4 is 0 Å². The average molecular weight is 300 g/mol. The van der Waals surface area contributed by atoms with Gasteiger partial charge in [0.25, 0.3) is 0 Å². The van der Waals surface area contributed by atoms with Gasteiger partial charge in [0, 0.05) is 18.5 Å². The molecule has 0 unspecified atom stereocenters. The van der Waals surface area contributed by atoms with Crippen LogP contribution >= 0.6 is 0 Å². The molecule has 2 aromatic rings. The van der Waals surface area contributed by atoms with E-state index < -0.39 is 22.3 Å². The van der Waals surface area contributed by atoms with Crippen LogP contribution in [0.3, 0.4) is 0 Å². The Kier molecular flexibility index (Phi) is 4.47. The van der Waals surface area contributed by atoms with Crippen molar-refractivity contribution in [2.45, 2.75) is 0 Å². The molecule has 0 saturated carbocycles. The number of nitro groups is 1. The van der Waals surface area contributed by atoms with E-state index >= 15 is 0 Å². The van der Waals surface area contributed by atoms with Crippen LogP contribution in [0.1, 0.15) is 11.1 Å². The van der Waals surface area contributed by atoms with Crippen molar-refractivity contribution in [2.24, 2.45) is 0 Å². The summed E-state index contributed by atoms with van der Waals surface area (Å²) in [6.07, 6.45) is 4.53. The van der Waals surface area contributed by atoms with E-state index in [0.717, 1.165) is 0 Å². The summed E-state index contributed by atoms with van der Waals surface area (Å²) in [5.74, 6) is -1.04. The van der Waals surface area contributed by atoms with Crippen LogP contribution in [0, 0.1) is 10.1 Å². The minimum Gasteiger partial charge on any atom is -0.502 e. The number of hydrogen-bond acceptors (Lipinski definition) is 6. The maximum absolute atomic E-state index is 11.9. The molecule has 1 aromatic heterocycles. The summed E-state index contributed by atoms with van der Waals surface area (Å²) in [6.45, 7) is 0. The number of phenols is 1. The van der Waals surface area contributed by atoms with Crippen molar-refractivity contribution in [3.63, 3.8) is 0 Å². The third kappa shape index (κ3) is 3.26. The van der Waals surface area contributed by atoms with Crippen molar-refractivity contribution in [1.29, 1.82) is 0 Å². The molecule has 7 heteroatoms. The molecule has 0 aliphatic heterocycles. The molecule has 0 fully saturated rings. The Hall–Kier alpha value is -3.22. The first kappa shape index (κ1) is 15.2. The zero-order valence-corrected chi connectivity index (χ0v) is 11.6. The first-order valence-electron chi connectivity index (χ1n) is 6.20. The monoisotopic (exact) mass is 300 g/mol. The molecule has 22 heavy (non-hydrogen) atoms. The van der Waals surface area contributed by atoms with E-state index in [0.29, 0.717) is 11.1 Å². The largest absolute Gasteiger partial charge is 0.502 e. The van der Waals surface area contributed by atoms with Gasteiger partial charge >= 0.3 is 11.7 Å². The van der Waals surface area contributed by atoms with Crippen LogP contribution in [-0.4, -0.2) is 28.1 Å². The van der Waals surface area contributed by atoms with Gasteiger partial charge in [-0.1, -0.05) is 0 Å². The van der Waals surface area contributed by atoms with Gasteiger partial charge in [-0.25, -0.2) is 4.79 Å². The highest BCUT2D eigenvalue weighted by Crippen LogP contribution is 2.28. The Morgan fingerprint density at radius 1 is 1.32 bits per heavy atom. The summed E-state index contributed by atoms with van der Waals surface area (Å²) in [5, 5.41) is 20.3. The third-order valence-corrected chi connectivity index (χ3v) is 2.90. The quantitative estimate of drug-likeness (QED) is 0.402. The van der Waals surface area contributed by atoms with Crippen LogP contribution in [0.15, 0.2) is 42.7 Å². The minimum absolute atomic E-state index is 0.248. The second-order valence-corrected chi connectivity index (χ2v) is 4.29. The molecule has 0 amide bonds. The van der Waals surface area contributed by atoms with Crippen molar-refractivity contribution in [3.8, 4) is 5.75 Å². The Bertz CT molecular complexity index is 741. The fourth-order valence-electron chi connectivity index (χ4n) is 1.85. The van der Waals surface area contributed by atoms with E-state index in [4.69, 9.17) is 4.74 Å². The number of aromatic hydroxyl groups is 1. The lowest BCUT2D eigenvalue weighted by Gasteiger charge is -2.06. The second-order valence-electron chi connectivity index (χ2n) is 4.29. The van der Waals surface area contributed by atoms with Gasteiger partial charge in [-0.15, -0.1) is 0 Å². The summed E-state index contributed by atoms with van der Waals surface area (Å²) < 4.78 is 4.73. The standard InChI is InChI=1S/C15H12N2O5/c1-22-15(19)12(11-4-6-16-7-5-11)8-10-2-3-13(17(20)21)14(18)9-10/h2-9,18H,1H3/b12-8+. The number of aromatic nitrogens is 1. The number of esters is 1. The molecule has 0 spiro atoms. The number of rotatable bonds is 4. The number of nitrogens with zero attached hydrogens (tertiary/aromatic N) is 2. The number of carbonyl (C=O) groups is 1. The van der Waals surface area contributed by atoms with E-state index in [2.05, 4.69) is 4.98 Å². The fourth-order valence-corrected chi connectivity index (χ4v) is 1.85. The van der Waals surface area contributed by atoms with Crippen molar-refractivity contribution >= 4 is 23.3 Å². The predicted octanol–water partition coefficient (Wildman–Crippen LogP) is 2.41. The van der Waals surface area contributed by atoms with Crippen LogP contribution in [-0.2, 0) is 9.53 Å². The number of hydrogen-bond donors (Lipinski definition) is 1. The molecule has 2 rings (SSSR count). The van der Waals surface area contributed by atoms with E-state index in [1.165, 1.54) is 43.8 Å². The highest BCUT2D eigenvalue weighted by molar-refractivity contribution is 6.21. The van der Waals surface area contributed by atoms with Crippen molar-refractivity contribution in [2.75, 3.05) is 7.11 Å². The molecule has 0 bridgehead atoms. The van der Waals surface area contributed by atoms with Crippen molar-refractivity contribution in [3.05, 3.63) is 64.0 Å². The molecule has 0 aliphatic rings. The van der Waals surface area contributed by atoms with Gasteiger partial charge in [-0.05, 0) is 41.5 Å². The summed E-state index contributed by atoms with van der Waals surface area (Å²) >= 11 is 0. The predicted molar refractivity (Wildman–Crippen MR) is 78.9 cm³/mol. The fraction of sp³-hybridized carbons (Fsp3) is 0.0667. The molecular weight excluding hydrogens is 288 g/mol. The molecular formula is C15H12N2O5. The lowest BCUT2D eigenvalue weighted by atomic mass is 10.0. The van der Waals surface area contributed by atoms with Gasteiger partial charge in [0.1, 0.15) is 0 Å². The number of pyridine rings is 1. The lowest BCUT2D eigenvalue weighted by molar-refractivity contribution is -0.385. The zero-order valence-electron chi connectivity index (χ0n) is 11.6. The Morgan fingerprint density at radius 2 is 2.00 bits per heavy atom. The number of ether oxygens (including phenoxy) is 1. The topological polar surface area (TPSA) is 103 Å². The van der Waals surface area contributed by atoms with Crippen molar-refractivity contribution < 1.29 is 19.6 Å². The number of methoxy groups -OCH3 is 1. The van der Waals surface area contributed by atoms with Gasteiger partial charge < -0.3 is 9.84 Å². The number of phenolic OH excluding ortho intramolecular Hbond substituents is 1. The number of benzene rings is 1. The Labute approximate surface area is 125 Å². The van der Waals surface area contributed by atoms with Gasteiger partial charge in [0.2, 0.25) is 0 Å². The Morgan fingerprint density at radius 3 is 2.55 bits per heavy atom. The van der Waals surface area contributed by atoms with E-state index in [9.17, 15) is 20.0 Å². The number of nitro benzene ring substituents is 1. The summed E-state index contributed by atoms with van der Waals surface area (Å²) in [4.78, 5) is 25.8. The molecule has 112 valence electrons. The van der Waals surface area contributed by atoms with E-state index in [-0.39, 0.29) is 5.57 Å². The third-order valence-electron chi connectivity index (χ3n) is 2.90. The average Bonchev–Trinajstić information content (AvgIpc) is 2.52. The van der Waals surface area contributed by atoms with Gasteiger partial charge in [0.05, 0.1) is 17.6 Å². The maximum atomic E-state index is 11.9. The second kappa shape index (κ2) is 6.49. The number of carbonyl (C=O) groups excluding carboxylic acids is 1. The van der Waals surface area contributed by atoms with Crippen LogP contribution in [0.4, 0.5) is 5.69 Å².